The lowest BCUT2D eigenvalue weighted by molar-refractivity contribution is -0.173. The van der Waals surface area contributed by atoms with E-state index in [2.05, 4.69) is 58.9 Å². The monoisotopic (exact) mass is 552 g/mol. The average Bonchev–Trinajstić information content (AvgIpc) is 3.61. The Morgan fingerprint density at radius 1 is 1.10 bits per heavy atom. The van der Waals surface area contributed by atoms with Crippen LogP contribution in [0.3, 0.4) is 0 Å². The molecule has 2 aliphatic heterocycles. The van der Waals surface area contributed by atoms with Crippen LogP contribution in [0.4, 0.5) is 0 Å². The summed E-state index contributed by atoms with van der Waals surface area (Å²) in [5.74, 6) is 1.50. The lowest BCUT2D eigenvalue weighted by Crippen LogP contribution is -2.74. The van der Waals surface area contributed by atoms with E-state index >= 15 is 0 Å². The van der Waals surface area contributed by atoms with Crippen LogP contribution in [0.25, 0.3) is 10.9 Å². The molecule has 6 heteroatoms. The molecule has 40 heavy (non-hydrogen) atoms. The number of phenols is 1. The first kappa shape index (κ1) is 23.7. The Bertz CT molecular complexity index is 1740. The fourth-order valence-electron chi connectivity index (χ4n) is 8.99. The van der Waals surface area contributed by atoms with Gasteiger partial charge in [-0.1, -0.05) is 47.5 Å². The van der Waals surface area contributed by atoms with Crippen LogP contribution >= 0.6 is 11.6 Å². The molecule has 4 atom stereocenters. The van der Waals surface area contributed by atoms with Crippen molar-refractivity contribution < 1.29 is 14.9 Å². The maximum absolute atomic E-state index is 13.2. The molecule has 2 N–H and O–H groups in total. The number of halogens is 1. The van der Waals surface area contributed by atoms with Crippen molar-refractivity contribution in [3.8, 4) is 11.5 Å². The van der Waals surface area contributed by atoms with Gasteiger partial charge >= 0.3 is 0 Å². The molecule has 204 valence electrons. The standard InChI is InChI=1S/C34H33ClN2O3/c1-19-3-2-4-21(13-19)18-37-26-9-8-23(35)15-24(26)25-16-34(39)28-14-22-7-10-27(38)31-29(22)33(34,32(40-31)30(25)37)11-12-36(28)17-20-5-6-20/h2-4,7-10,13,15,20,28,32,38-39H,5-6,11-12,14,16-18H2,1H3/t28-,32+,33+,34-/m1/s1. The van der Waals surface area contributed by atoms with E-state index in [9.17, 15) is 10.2 Å². The number of aromatic nitrogens is 1. The first-order valence-corrected chi connectivity index (χ1v) is 15.1. The molecule has 2 bridgehead atoms. The van der Waals surface area contributed by atoms with E-state index < -0.39 is 11.0 Å². The third kappa shape index (κ3) is 2.91. The van der Waals surface area contributed by atoms with Gasteiger partial charge < -0.3 is 19.5 Å². The number of aryl methyl sites for hydroxylation is 1. The normalized spacial score (nSPS) is 29.8. The van der Waals surface area contributed by atoms with E-state index in [0.717, 1.165) is 59.6 Å². The number of aromatic hydroxyl groups is 1. The van der Waals surface area contributed by atoms with E-state index in [4.69, 9.17) is 16.3 Å². The second kappa shape index (κ2) is 7.84. The van der Waals surface area contributed by atoms with Crippen molar-refractivity contribution >= 4 is 22.5 Å². The van der Waals surface area contributed by atoms with E-state index in [1.165, 1.54) is 29.5 Å². The van der Waals surface area contributed by atoms with Crippen molar-refractivity contribution in [1.29, 1.82) is 0 Å². The van der Waals surface area contributed by atoms with E-state index in [1.54, 1.807) is 6.07 Å². The zero-order valence-electron chi connectivity index (χ0n) is 22.7. The van der Waals surface area contributed by atoms with Crippen molar-refractivity contribution in [2.24, 2.45) is 5.92 Å². The van der Waals surface area contributed by atoms with Crippen LogP contribution in [0.1, 0.15) is 58.9 Å². The minimum atomic E-state index is -1.01. The van der Waals surface area contributed by atoms with E-state index in [-0.39, 0.29) is 17.9 Å². The fraction of sp³-hybridized carbons (Fsp3) is 0.412. The summed E-state index contributed by atoms with van der Waals surface area (Å²) in [6.45, 7) is 4.83. The van der Waals surface area contributed by atoms with E-state index in [1.807, 2.05) is 6.07 Å². The van der Waals surface area contributed by atoms with Gasteiger partial charge in [-0.2, -0.15) is 0 Å². The molecule has 1 aromatic heterocycles. The lowest BCUT2D eigenvalue weighted by atomic mass is 9.49. The summed E-state index contributed by atoms with van der Waals surface area (Å²) in [5, 5.41) is 26.1. The lowest BCUT2D eigenvalue weighted by Gasteiger charge is -2.63. The SMILES string of the molecule is Cc1cccc(Cn2c3c(c4cc(Cl)ccc42)C[C@@]2(O)[C@H]4Cc5ccc(O)c6c5[C@@]2(CCN4CC2CC2)[C@H]3O6)c1. The summed E-state index contributed by atoms with van der Waals surface area (Å²) < 4.78 is 9.31. The second-order valence-corrected chi connectivity index (χ2v) is 13.5. The Balaban J connectivity index is 1.32. The molecule has 0 unspecified atom stereocenters. The summed E-state index contributed by atoms with van der Waals surface area (Å²) in [4.78, 5) is 2.58. The Morgan fingerprint density at radius 2 is 1.98 bits per heavy atom. The van der Waals surface area contributed by atoms with Crippen LogP contribution in [0.2, 0.25) is 5.02 Å². The molecule has 3 aliphatic carbocycles. The molecule has 1 saturated heterocycles. The highest BCUT2D eigenvalue weighted by Gasteiger charge is 2.73. The molecule has 5 nitrogen and oxygen atoms in total. The van der Waals surface area contributed by atoms with Gasteiger partial charge in [-0.3, -0.25) is 4.90 Å². The third-order valence-electron chi connectivity index (χ3n) is 10.8. The Hall–Kier alpha value is -2.99. The van der Waals surface area contributed by atoms with Gasteiger partial charge in [0.1, 0.15) is 0 Å². The fourth-order valence-corrected chi connectivity index (χ4v) is 9.16. The first-order chi connectivity index (χ1) is 19.4. The Labute approximate surface area is 238 Å². The molecule has 0 amide bonds. The molecule has 3 heterocycles. The van der Waals surface area contributed by atoms with Crippen LogP contribution in [-0.2, 0) is 24.8 Å². The van der Waals surface area contributed by atoms with Crippen molar-refractivity contribution in [3.63, 3.8) is 0 Å². The van der Waals surface area contributed by atoms with Gasteiger partial charge in [0, 0.05) is 47.0 Å². The average molecular weight is 553 g/mol. The highest BCUT2D eigenvalue weighted by atomic mass is 35.5. The van der Waals surface area contributed by atoms with Crippen molar-refractivity contribution in [2.75, 3.05) is 13.1 Å². The maximum Gasteiger partial charge on any atom is 0.166 e. The van der Waals surface area contributed by atoms with Gasteiger partial charge in [0.15, 0.2) is 17.6 Å². The number of rotatable bonds is 4. The molecule has 0 radical (unpaired) electrons. The van der Waals surface area contributed by atoms with Gasteiger partial charge in [0.2, 0.25) is 0 Å². The van der Waals surface area contributed by atoms with Crippen molar-refractivity contribution in [2.45, 2.75) is 68.7 Å². The zero-order chi connectivity index (χ0) is 27.0. The van der Waals surface area contributed by atoms with Crippen LogP contribution < -0.4 is 4.74 Å². The van der Waals surface area contributed by atoms with Crippen molar-refractivity contribution in [1.82, 2.24) is 9.47 Å². The third-order valence-corrected chi connectivity index (χ3v) is 11.0. The summed E-state index contributed by atoms with van der Waals surface area (Å²) in [6.07, 6.45) is 4.35. The number of aliphatic hydroxyl groups is 1. The molecule has 5 aliphatic rings. The summed E-state index contributed by atoms with van der Waals surface area (Å²) in [6, 6.07) is 18.7. The first-order valence-electron chi connectivity index (χ1n) is 14.7. The highest BCUT2D eigenvalue weighted by molar-refractivity contribution is 6.31. The molecule has 9 rings (SSSR count). The predicted molar refractivity (Wildman–Crippen MR) is 155 cm³/mol. The molecule has 4 aromatic rings. The number of piperidine rings is 1. The topological polar surface area (TPSA) is 57.9 Å². The molecular weight excluding hydrogens is 520 g/mol. The molecule has 3 aromatic carbocycles. The van der Waals surface area contributed by atoms with Crippen LogP contribution in [0.15, 0.2) is 54.6 Å². The number of fused-ring (bicyclic) bond motifs is 4. The van der Waals surface area contributed by atoms with Gasteiger partial charge in [0.25, 0.3) is 0 Å². The largest absolute Gasteiger partial charge is 0.504 e. The summed E-state index contributed by atoms with van der Waals surface area (Å²) in [7, 11) is 0. The summed E-state index contributed by atoms with van der Waals surface area (Å²) in [5.41, 5.74) is 6.51. The number of ether oxygens (including phenoxy) is 1. The van der Waals surface area contributed by atoms with Crippen LogP contribution in [0.5, 0.6) is 11.5 Å². The smallest absolute Gasteiger partial charge is 0.166 e. The summed E-state index contributed by atoms with van der Waals surface area (Å²) >= 11 is 6.61. The number of likely N-dealkylation sites (tertiary alicyclic amines) is 1. The molecule has 1 saturated carbocycles. The number of benzene rings is 3. The van der Waals surface area contributed by atoms with Gasteiger partial charge in [0.05, 0.1) is 16.7 Å². The van der Waals surface area contributed by atoms with Gasteiger partial charge in [-0.25, -0.2) is 0 Å². The zero-order valence-corrected chi connectivity index (χ0v) is 23.4. The number of phenolic OH excluding ortho intramolecular Hbond substituents is 1. The molecule has 2 fully saturated rings. The molecular formula is C34H33ClN2O3. The Kier molecular flexibility index (Phi) is 4.65. The Morgan fingerprint density at radius 3 is 2.80 bits per heavy atom. The van der Waals surface area contributed by atoms with E-state index in [0.29, 0.717) is 23.7 Å². The predicted octanol–water partition coefficient (Wildman–Crippen LogP) is 6.06. The van der Waals surface area contributed by atoms with Crippen LogP contribution in [-0.4, -0.2) is 44.4 Å². The van der Waals surface area contributed by atoms with Gasteiger partial charge in [-0.15, -0.1) is 0 Å². The maximum atomic E-state index is 13.2. The highest BCUT2D eigenvalue weighted by Crippen LogP contribution is 2.69. The number of hydrogen-bond acceptors (Lipinski definition) is 4. The minimum Gasteiger partial charge on any atom is -0.504 e. The minimum absolute atomic E-state index is 0.0125. The second-order valence-electron chi connectivity index (χ2n) is 13.0. The van der Waals surface area contributed by atoms with Crippen LogP contribution in [0, 0.1) is 12.8 Å². The van der Waals surface area contributed by atoms with Gasteiger partial charge in [-0.05, 0) is 86.0 Å². The van der Waals surface area contributed by atoms with Crippen molar-refractivity contribution in [3.05, 3.63) is 93.1 Å². The molecule has 1 spiro atoms. The number of nitrogens with zero attached hydrogens (tertiary/aromatic N) is 2. The number of hydrogen-bond donors (Lipinski definition) is 2. The quantitative estimate of drug-likeness (QED) is 0.323.